The highest BCUT2D eigenvalue weighted by Gasteiger charge is 2.17. The van der Waals surface area contributed by atoms with E-state index in [4.69, 9.17) is 10.2 Å². The second-order valence-electron chi connectivity index (χ2n) is 2.09. The molecule has 0 aromatic carbocycles. The highest BCUT2D eigenvalue weighted by molar-refractivity contribution is 8.00. The summed E-state index contributed by atoms with van der Waals surface area (Å²) in [5.74, 6) is -2.96. The molecule has 80 valence electrons. The summed E-state index contributed by atoms with van der Waals surface area (Å²) >= 11 is 0.792. The fraction of sp³-hybridized carbons (Fsp3) is 0.600. The summed E-state index contributed by atoms with van der Waals surface area (Å²) in [4.78, 5) is 20.4. The Morgan fingerprint density at radius 3 is 2.29 bits per heavy atom. The van der Waals surface area contributed by atoms with Crippen molar-refractivity contribution in [2.45, 2.75) is 6.04 Å². The summed E-state index contributed by atoms with van der Waals surface area (Å²) in [6, 6.07) is -1.42. The van der Waals surface area contributed by atoms with Crippen LogP contribution in [-0.2, 0) is 20.1 Å². The molecule has 0 aliphatic rings. The van der Waals surface area contributed by atoms with Crippen LogP contribution in [0, 0.1) is 0 Å². The molecule has 7 nitrogen and oxygen atoms in total. The van der Waals surface area contributed by atoms with Crippen LogP contribution >= 0.6 is 11.8 Å². The molecule has 14 heavy (non-hydrogen) atoms. The van der Waals surface area contributed by atoms with Gasteiger partial charge in [0.1, 0.15) is 0 Å². The van der Waals surface area contributed by atoms with E-state index >= 15 is 0 Å². The van der Waals surface area contributed by atoms with Crippen LogP contribution in [0.2, 0.25) is 0 Å². The van der Waals surface area contributed by atoms with E-state index in [2.05, 4.69) is 4.36 Å². The van der Waals surface area contributed by atoms with Crippen molar-refractivity contribution in [3.63, 3.8) is 0 Å². The molecule has 0 aromatic rings. The van der Waals surface area contributed by atoms with Gasteiger partial charge in [0.2, 0.25) is 0 Å². The number of carboxylic acids is 2. The van der Waals surface area contributed by atoms with Gasteiger partial charge in [-0.15, -0.1) is 11.8 Å². The summed E-state index contributed by atoms with van der Waals surface area (Å²) in [5, 5.41) is 16.7. The number of nitrogens with zero attached hydrogens (tertiary/aromatic N) is 1. The molecule has 0 bridgehead atoms. The number of aliphatic carboxylic acids is 2. The maximum Gasteiger partial charge on any atom is 0.330 e. The number of thioether (sulfide) groups is 1. The Labute approximate surface area is 84.8 Å². The molecular weight excluding hydrogens is 234 g/mol. The molecule has 0 unspecified atom stereocenters. The van der Waals surface area contributed by atoms with E-state index < -0.39 is 28.5 Å². The molecule has 9 heteroatoms. The predicted octanol–water partition coefficient (Wildman–Crippen LogP) is -0.680. The third-order valence-corrected chi connectivity index (χ3v) is 2.43. The molecule has 0 amide bonds. The van der Waals surface area contributed by atoms with E-state index in [9.17, 15) is 18.0 Å². The molecule has 0 aliphatic carbocycles. The number of carbonyl (C=O) groups is 2. The number of carboxylic acid groups (broad SMARTS) is 2. The SMILES string of the molecule is O=C(O)CSC[C@H](N=S(=O)=O)C(=O)O. The fourth-order valence-electron chi connectivity index (χ4n) is 0.509. The summed E-state index contributed by atoms with van der Waals surface area (Å²) < 4.78 is 23.0. The summed E-state index contributed by atoms with van der Waals surface area (Å²) in [7, 11) is -2.80. The van der Waals surface area contributed by atoms with Crippen molar-refractivity contribution in [1.29, 1.82) is 0 Å². The van der Waals surface area contributed by atoms with Gasteiger partial charge in [0.05, 0.1) is 5.75 Å². The van der Waals surface area contributed by atoms with Crippen molar-refractivity contribution < 1.29 is 28.2 Å². The average Bonchev–Trinajstić information content (AvgIpc) is 2.00. The minimum absolute atomic E-state index is 0.185. The first-order valence-corrected chi connectivity index (χ1v) is 5.44. The van der Waals surface area contributed by atoms with Gasteiger partial charge < -0.3 is 10.2 Å². The normalized spacial score (nSPS) is 11.7. The van der Waals surface area contributed by atoms with Crippen molar-refractivity contribution in [2.75, 3.05) is 11.5 Å². The van der Waals surface area contributed by atoms with Crippen LogP contribution < -0.4 is 0 Å². The Hall–Kier alpha value is -1.09. The molecule has 0 saturated heterocycles. The van der Waals surface area contributed by atoms with Gasteiger partial charge in [0.25, 0.3) is 0 Å². The van der Waals surface area contributed by atoms with Crippen molar-refractivity contribution in [2.24, 2.45) is 4.36 Å². The molecule has 0 rings (SSSR count). The van der Waals surface area contributed by atoms with Crippen LogP contribution in [0.3, 0.4) is 0 Å². The molecular formula is C5H7NO6S2. The zero-order chi connectivity index (χ0) is 11.1. The molecule has 0 fully saturated rings. The van der Waals surface area contributed by atoms with Gasteiger partial charge in [-0.3, -0.25) is 4.79 Å². The lowest BCUT2D eigenvalue weighted by Gasteiger charge is -2.02. The largest absolute Gasteiger partial charge is 0.481 e. The second-order valence-corrected chi connectivity index (χ2v) is 3.76. The van der Waals surface area contributed by atoms with Gasteiger partial charge in [-0.1, -0.05) is 0 Å². The Balaban J connectivity index is 4.19. The molecule has 0 aromatic heterocycles. The molecule has 0 saturated carbocycles. The summed E-state index contributed by atoms with van der Waals surface area (Å²) in [6.07, 6.45) is 0. The van der Waals surface area contributed by atoms with Crippen LogP contribution in [0.5, 0.6) is 0 Å². The van der Waals surface area contributed by atoms with Crippen molar-refractivity contribution in [3.8, 4) is 0 Å². The van der Waals surface area contributed by atoms with Gasteiger partial charge in [0.15, 0.2) is 6.04 Å². The van der Waals surface area contributed by atoms with Gasteiger partial charge in [-0.25, -0.2) is 4.79 Å². The van der Waals surface area contributed by atoms with Crippen molar-refractivity contribution in [3.05, 3.63) is 0 Å². The lowest BCUT2D eigenvalue weighted by Crippen LogP contribution is -2.21. The summed E-state index contributed by atoms with van der Waals surface area (Å²) in [6.45, 7) is 0. The van der Waals surface area contributed by atoms with Crippen LogP contribution in [0.25, 0.3) is 0 Å². The van der Waals surface area contributed by atoms with Gasteiger partial charge in [-0.05, 0) is 0 Å². The molecule has 0 aliphatic heterocycles. The van der Waals surface area contributed by atoms with Crippen molar-refractivity contribution in [1.82, 2.24) is 0 Å². The maximum atomic E-state index is 10.4. The lowest BCUT2D eigenvalue weighted by molar-refractivity contribution is -0.138. The Morgan fingerprint density at radius 1 is 1.36 bits per heavy atom. The second kappa shape index (κ2) is 6.38. The van der Waals surface area contributed by atoms with E-state index in [0.717, 1.165) is 11.8 Å². The highest BCUT2D eigenvalue weighted by atomic mass is 32.2. The van der Waals surface area contributed by atoms with Crippen molar-refractivity contribution >= 4 is 34.2 Å². The van der Waals surface area contributed by atoms with E-state index in [1.807, 2.05) is 0 Å². The monoisotopic (exact) mass is 241 g/mol. The van der Waals surface area contributed by atoms with Gasteiger partial charge >= 0.3 is 22.4 Å². The minimum atomic E-state index is -2.80. The smallest absolute Gasteiger partial charge is 0.330 e. The molecule has 0 spiro atoms. The van der Waals surface area contributed by atoms with Crippen LogP contribution in [0.15, 0.2) is 4.36 Å². The topological polar surface area (TPSA) is 121 Å². The Morgan fingerprint density at radius 2 is 1.93 bits per heavy atom. The first-order valence-electron chi connectivity index (χ1n) is 3.26. The zero-order valence-corrected chi connectivity index (χ0v) is 8.42. The third-order valence-electron chi connectivity index (χ3n) is 1.000. The molecule has 0 heterocycles. The average molecular weight is 241 g/mol. The van der Waals surface area contributed by atoms with Gasteiger partial charge in [0, 0.05) is 5.75 Å². The first kappa shape index (κ1) is 12.9. The molecule has 0 radical (unpaired) electrons. The molecule has 1 atom stereocenters. The lowest BCUT2D eigenvalue weighted by atomic mass is 10.4. The van der Waals surface area contributed by atoms with Crippen LogP contribution in [0.1, 0.15) is 0 Å². The standard InChI is InChI=1S/C5H7NO6S2/c7-4(8)2-13-1-3(5(9)10)6-14(11)12/h3H,1-2H2,(H,7,8)(H,9,10)/t3-/m0/s1. The highest BCUT2D eigenvalue weighted by Crippen LogP contribution is 2.05. The minimum Gasteiger partial charge on any atom is -0.481 e. The van der Waals surface area contributed by atoms with E-state index in [1.54, 1.807) is 0 Å². The van der Waals surface area contributed by atoms with E-state index in [-0.39, 0.29) is 11.5 Å². The van der Waals surface area contributed by atoms with Crippen LogP contribution in [-0.4, -0.2) is 48.1 Å². The maximum absolute atomic E-state index is 10.4. The number of rotatable bonds is 6. The van der Waals surface area contributed by atoms with Crippen LogP contribution in [0.4, 0.5) is 0 Å². The first-order chi connectivity index (χ1) is 6.43. The number of hydrogen-bond donors (Lipinski definition) is 2. The molecule has 2 N–H and O–H groups in total. The predicted molar refractivity (Wildman–Crippen MR) is 47.7 cm³/mol. The van der Waals surface area contributed by atoms with E-state index in [0.29, 0.717) is 0 Å². The van der Waals surface area contributed by atoms with Gasteiger partial charge in [-0.2, -0.15) is 12.8 Å². The number of hydrogen-bond acceptors (Lipinski definition) is 6. The fourth-order valence-corrected chi connectivity index (χ4v) is 1.71. The third kappa shape index (κ3) is 6.43. The Bertz CT molecular complexity index is 339. The quantitative estimate of drug-likeness (QED) is 0.631. The van der Waals surface area contributed by atoms with E-state index in [1.165, 1.54) is 0 Å². The zero-order valence-electron chi connectivity index (χ0n) is 6.78. The Kier molecular flexibility index (Phi) is 5.88. The summed E-state index contributed by atoms with van der Waals surface area (Å²) in [5.41, 5.74) is 0.